The average molecular weight is 328 g/mol. The topological polar surface area (TPSA) is 50.8 Å². The van der Waals surface area contributed by atoms with Crippen molar-refractivity contribution in [2.75, 3.05) is 34.9 Å². The van der Waals surface area contributed by atoms with Gasteiger partial charge in [-0.05, 0) is 32.3 Å². The molecule has 0 aromatic heterocycles. The first-order chi connectivity index (χ1) is 11.6. The van der Waals surface area contributed by atoms with Crippen LogP contribution < -0.4 is 14.8 Å². The smallest absolute Gasteiger partial charge is 0.255 e. The van der Waals surface area contributed by atoms with E-state index >= 15 is 0 Å². The van der Waals surface area contributed by atoms with Crippen molar-refractivity contribution in [1.82, 2.24) is 10.2 Å². The van der Waals surface area contributed by atoms with Crippen molar-refractivity contribution in [3.8, 4) is 11.5 Å². The zero-order valence-corrected chi connectivity index (χ0v) is 14.6. The van der Waals surface area contributed by atoms with Gasteiger partial charge in [0.1, 0.15) is 11.5 Å². The number of benzene rings is 2. The predicted octanol–water partition coefficient (Wildman–Crippen LogP) is 2.74. The van der Waals surface area contributed by atoms with Crippen LogP contribution in [-0.2, 0) is 0 Å². The molecule has 0 aliphatic rings. The molecule has 0 aliphatic heterocycles. The zero-order valence-electron chi connectivity index (χ0n) is 14.6. The van der Waals surface area contributed by atoms with E-state index < -0.39 is 0 Å². The Kier molecular flexibility index (Phi) is 6.21. The Balaban J connectivity index is 2.16. The molecule has 1 amide bonds. The molecule has 0 saturated heterocycles. The third-order valence-electron chi connectivity index (χ3n) is 3.93. The maximum Gasteiger partial charge on any atom is 0.255 e. The van der Waals surface area contributed by atoms with E-state index in [-0.39, 0.29) is 11.9 Å². The van der Waals surface area contributed by atoms with Crippen LogP contribution in [0.4, 0.5) is 0 Å². The first-order valence-electron chi connectivity index (χ1n) is 7.79. The van der Waals surface area contributed by atoms with Gasteiger partial charge < -0.3 is 19.7 Å². The second-order valence-corrected chi connectivity index (χ2v) is 5.63. The molecule has 1 atom stereocenters. The van der Waals surface area contributed by atoms with Gasteiger partial charge in [-0.15, -0.1) is 0 Å². The van der Waals surface area contributed by atoms with Crippen molar-refractivity contribution >= 4 is 5.91 Å². The normalized spacial score (nSPS) is 11.9. The Bertz CT molecular complexity index is 686. The summed E-state index contributed by atoms with van der Waals surface area (Å²) in [7, 11) is 7.17. The van der Waals surface area contributed by atoms with Gasteiger partial charge in [0.25, 0.3) is 5.91 Å². The van der Waals surface area contributed by atoms with Crippen molar-refractivity contribution in [3.63, 3.8) is 0 Å². The summed E-state index contributed by atoms with van der Waals surface area (Å²) in [5.74, 6) is 1.21. The highest BCUT2D eigenvalue weighted by atomic mass is 16.5. The zero-order chi connectivity index (χ0) is 17.5. The summed E-state index contributed by atoms with van der Waals surface area (Å²) in [6.45, 7) is 0.463. The number of nitrogens with zero attached hydrogens (tertiary/aromatic N) is 1. The maximum atomic E-state index is 12.5. The van der Waals surface area contributed by atoms with Gasteiger partial charge in [-0.2, -0.15) is 0 Å². The standard InChI is InChI=1S/C19H24N2O3/c1-21(2)16(14-9-5-7-11-17(14)23-3)13-20-19(22)15-10-6-8-12-18(15)24-4/h5-12,16H,13H2,1-4H3,(H,20,22)/t16-/m0/s1. The number of rotatable bonds is 7. The number of hydrogen-bond acceptors (Lipinski definition) is 4. The lowest BCUT2D eigenvalue weighted by molar-refractivity contribution is 0.0938. The fraction of sp³-hybridized carbons (Fsp3) is 0.316. The molecule has 24 heavy (non-hydrogen) atoms. The summed E-state index contributed by atoms with van der Waals surface area (Å²) in [5.41, 5.74) is 1.56. The Morgan fingerprint density at radius 2 is 1.58 bits per heavy atom. The van der Waals surface area contributed by atoms with Gasteiger partial charge in [-0.25, -0.2) is 0 Å². The van der Waals surface area contributed by atoms with E-state index in [1.165, 1.54) is 0 Å². The lowest BCUT2D eigenvalue weighted by Crippen LogP contribution is -2.34. The Morgan fingerprint density at radius 1 is 1.00 bits per heavy atom. The number of carbonyl (C=O) groups is 1. The molecular weight excluding hydrogens is 304 g/mol. The molecule has 128 valence electrons. The Morgan fingerprint density at radius 3 is 2.21 bits per heavy atom. The fourth-order valence-corrected chi connectivity index (χ4v) is 2.63. The predicted molar refractivity (Wildman–Crippen MR) is 94.7 cm³/mol. The highest BCUT2D eigenvalue weighted by Gasteiger charge is 2.20. The van der Waals surface area contributed by atoms with Gasteiger partial charge in [0.15, 0.2) is 0 Å². The lowest BCUT2D eigenvalue weighted by Gasteiger charge is -2.26. The summed E-state index contributed by atoms with van der Waals surface area (Å²) in [4.78, 5) is 14.6. The van der Waals surface area contributed by atoms with Crippen LogP contribution in [0.3, 0.4) is 0 Å². The van der Waals surface area contributed by atoms with Crippen LogP contribution in [0.5, 0.6) is 11.5 Å². The number of ether oxygens (including phenoxy) is 2. The number of para-hydroxylation sites is 2. The number of amides is 1. The summed E-state index contributed by atoms with van der Waals surface area (Å²) in [6.07, 6.45) is 0. The van der Waals surface area contributed by atoms with Crippen LogP contribution in [0.1, 0.15) is 22.0 Å². The Hall–Kier alpha value is -2.53. The number of methoxy groups -OCH3 is 2. The van der Waals surface area contributed by atoms with Crippen molar-refractivity contribution in [2.45, 2.75) is 6.04 Å². The first kappa shape index (κ1) is 17.8. The quantitative estimate of drug-likeness (QED) is 0.849. The fourth-order valence-electron chi connectivity index (χ4n) is 2.63. The minimum Gasteiger partial charge on any atom is -0.496 e. The summed E-state index contributed by atoms with van der Waals surface area (Å²) >= 11 is 0. The maximum absolute atomic E-state index is 12.5. The summed E-state index contributed by atoms with van der Waals surface area (Å²) in [5, 5.41) is 2.99. The molecule has 0 unspecified atom stereocenters. The minimum absolute atomic E-state index is 0.000179. The summed E-state index contributed by atoms with van der Waals surface area (Å²) in [6, 6.07) is 15.0. The van der Waals surface area contributed by atoms with Crippen molar-refractivity contribution in [1.29, 1.82) is 0 Å². The van der Waals surface area contributed by atoms with E-state index in [0.29, 0.717) is 17.9 Å². The third-order valence-corrected chi connectivity index (χ3v) is 3.93. The molecule has 0 heterocycles. The second kappa shape index (κ2) is 8.36. The van der Waals surface area contributed by atoms with Crippen molar-refractivity contribution in [3.05, 3.63) is 59.7 Å². The van der Waals surface area contributed by atoms with Gasteiger partial charge >= 0.3 is 0 Å². The van der Waals surface area contributed by atoms with Crippen molar-refractivity contribution < 1.29 is 14.3 Å². The number of likely N-dealkylation sites (N-methyl/N-ethyl adjacent to an activating group) is 1. The lowest BCUT2D eigenvalue weighted by atomic mass is 10.0. The van der Waals surface area contributed by atoms with E-state index in [1.54, 1.807) is 26.4 Å². The molecule has 0 bridgehead atoms. The molecule has 0 spiro atoms. The number of carbonyl (C=O) groups excluding carboxylic acids is 1. The molecule has 2 aromatic rings. The second-order valence-electron chi connectivity index (χ2n) is 5.63. The summed E-state index contributed by atoms with van der Waals surface area (Å²) < 4.78 is 10.7. The molecule has 5 nitrogen and oxygen atoms in total. The van der Waals surface area contributed by atoms with Gasteiger partial charge in [0.05, 0.1) is 25.8 Å². The monoisotopic (exact) mass is 328 g/mol. The highest BCUT2D eigenvalue weighted by molar-refractivity contribution is 5.96. The van der Waals surface area contributed by atoms with Crippen LogP contribution in [0.15, 0.2) is 48.5 Å². The van der Waals surface area contributed by atoms with Crippen molar-refractivity contribution in [2.24, 2.45) is 0 Å². The van der Waals surface area contributed by atoms with Crippen LogP contribution in [0.25, 0.3) is 0 Å². The highest BCUT2D eigenvalue weighted by Crippen LogP contribution is 2.27. The van der Waals surface area contributed by atoms with Crippen LogP contribution in [0.2, 0.25) is 0 Å². The van der Waals surface area contributed by atoms with E-state index in [9.17, 15) is 4.79 Å². The molecule has 5 heteroatoms. The first-order valence-corrected chi connectivity index (χ1v) is 7.79. The Labute approximate surface area is 143 Å². The SMILES string of the molecule is COc1ccccc1C(=O)NC[C@@H](c1ccccc1OC)N(C)C. The molecule has 0 aliphatic carbocycles. The van der Waals surface area contributed by atoms with E-state index in [4.69, 9.17) is 9.47 Å². The number of nitrogens with one attached hydrogen (secondary N) is 1. The minimum atomic E-state index is -0.158. The third kappa shape index (κ3) is 4.06. The van der Waals surface area contributed by atoms with Gasteiger partial charge in [0.2, 0.25) is 0 Å². The van der Waals surface area contributed by atoms with Gasteiger partial charge in [-0.1, -0.05) is 30.3 Å². The molecule has 0 saturated carbocycles. The largest absolute Gasteiger partial charge is 0.496 e. The molecule has 2 rings (SSSR count). The van der Waals surface area contributed by atoms with Crippen LogP contribution in [0, 0.1) is 0 Å². The van der Waals surface area contributed by atoms with E-state index in [2.05, 4.69) is 10.2 Å². The van der Waals surface area contributed by atoms with E-state index in [0.717, 1.165) is 11.3 Å². The molecule has 0 fully saturated rings. The van der Waals surface area contributed by atoms with Crippen LogP contribution in [-0.4, -0.2) is 45.7 Å². The number of hydrogen-bond donors (Lipinski definition) is 1. The molecule has 2 aromatic carbocycles. The van der Waals surface area contributed by atoms with E-state index in [1.807, 2.05) is 50.5 Å². The molecule has 0 radical (unpaired) electrons. The molecule has 1 N–H and O–H groups in total. The average Bonchev–Trinajstić information content (AvgIpc) is 2.61. The van der Waals surface area contributed by atoms with Gasteiger partial charge in [0, 0.05) is 12.1 Å². The van der Waals surface area contributed by atoms with Crippen LogP contribution >= 0.6 is 0 Å². The molecular formula is C19H24N2O3. The van der Waals surface area contributed by atoms with Gasteiger partial charge in [-0.3, -0.25) is 4.79 Å².